The van der Waals surface area contributed by atoms with Crippen molar-refractivity contribution in [3.8, 4) is 5.69 Å². The monoisotopic (exact) mass is 482 g/mol. The second kappa shape index (κ2) is 8.90. The maximum atomic E-state index is 13.5. The molecule has 4 aromatic rings. The van der Waals surface area contributed by atoms with E-state index in [1.54, 1.807) is 46.2 Å². The minimum atomic E-state index is -0.195. The second-order valence-electron chi connectivity index (χ2n) is 7.08. The molecule has 32 heavy (non-hydrogen) atoms. The minimum Gasteiger partial charge on any atom is -0.306 e. The van der Waals surface area contributed by atoms with E-state index in [1.165, 1.54) is 11.8 Å². The van der Waals surface area contributed by atoms with E-state index in [1.807, 2.05) is 24.3 Å². The first-order valence-corrected chi connectivity index (χ1v) is 11.5. The number of thioether (sulfide) groups is 1. The van der Waals surface area contributed by atoms with Gasteiger partial charge in [-0.3, -0.25) is 4.79 Å². The van der Waals surface area contributed by atoms with Crippen LogP contribution in [0.4, 0.5) is 5.69 Å². The average Bonchev–Trinajstić information content (AvgIpc) is 3.42. The Balaban J connectivity index is 1.55. The summed E-state index contributed by atoms with van der Waals surface area (Å²) in [5.74, 6) is 0.191. The number of rotatable bonds is 5. The van der Waals surface area contributed by atoms with Crippen LogP contribution in [0.3, 0.4) is 0 Å². The highest BCUT2D eigenvalue weighted by Crippen LogP contribution is 2.31. The molecular weight excluding hydrogens is 467 g/mol. The van der Waals surface area contributed by atoms with Crippen LogP contribution >= 0.6 is 35.0 Å². The third kappa shape index (κ3) is 4.09. The Bertz CT molecular complexity index is 1280. The van der Waals surface area contributed by atoms with Crippen LogP contribution in [0.1, 0.15) is 21.7 Å². The summed E-state index contributed by atoms with van der Waals surface area (Å²) in [6, 6.07) is 14.8. The highest BCUT2D eigenvalue weighted by molar-refractivity contribution is 7.98. The van der Waals surface area contributed by atoms with E-state index in [2.05, 4.69) is 20.3 Å². The number of carbonyl (C=O) groups excluding carboxylic acids is 1. The molecule has 10 heteroatoms. The van der Waals surface area contributed by atoms with Gasteiger partial charge in [-0.2, -0.15) is 0 Å². The number of hydrogen-bond acceptors (Lipinski definition) is 6. The van der Waals surface area contributed by atoms with Gasteiger partial charge < -0.3 is 4.90 Å². The van der Waals surface area contributed by atoms with Crippen LogP contribution in [0, 0.1) is 0 Å². The molecular formula is C22H16Cl2N6OS. The zero-order chi connectivity index (χ0) is 22.1. The summed E-state index contributed by atoms with van der Waals surface area (Å²) in [7, 11) is 0. The summed E-state index contributed by atoms with van der Waals surface area (Å²) in [5.41, 5.74) is 3.57. The van der Waals surface area contributed by atoms with Crippen molar-refractivity contribution in [2.24, 2.45) is 0 Å². The number of carbonyl (C=O) groups is 1. The van der Waals surface area contributed by atoms with Crippen LogP contribution in [-0.2, 0) is 12.2 Å². The van der Waals surface area contributed by atoms with Gasteiger partial charge in [0.05, 0.1) is 11.4 Å². The van der Waals surface area contributed by atoms with Crippen molar-refractivity contribution >= 4 is 46.6 Å². The minimum absolute atomic E-state index is 0.195. The van der Waals surface area contributed by atoms with Gasteiger partial charge in [-0.15, -0.1) is 5.10 Å². The standard InChI is InChI=1S/C22H16Cl2N6OS/c23-15-10-16(24)12-17(11-15)30-19(13-32-22-25-7-3-8-26-22)20(27-28-30)21(31)29-9-6-14-4-1-2-5-18(14)29/h1-5,7-8,10-12H,6,9,13H2. The molecule has 1 amide bonds. The molecule has 0 saturated heterocycles. The van der Waals surface area contributed by atoms with Gasteiger partial charge in [0.25, 0.3) is 5.91 Å². The van der Waals surface area contributed by atoms with E-state index < -0.39 is 0 Å². The molecule has 0 radical (unpaired) electrons. The number of hydrogen-bond donors (Lipinski definition) is 0. The summed E-state index contributed by atoms with van der Waals surface area (Å²) < 4.78 is 1.60. The summed E-state index contributed by atoms with van der Waals surface area (Å²) in [4.78, 5) is 23.8. The van der Waals surface area contributed by atoms with Gasteiger partial charge in [0.2, 0.25) is 0 Å². The lowest BCUT2D eigenvalue weighted by atomic mass is 10.2. The number of amides is 1. The van der Waals surface area contributed by atoms with Crippen molar-refractivity contribution in [3.05, 3.63) is 87.9 Å². The quantitative estimate of drug-likeness (QED) is 0.298. The molecule has 0 aliphatic carbocycles. The molecule has 3 heterocycles. The van der Waals surface area contributed by atoms with Crippen LogP contribution in [0.2, 0.25) is 10.0 Å². The lowest BCUT2D eigenvalue weighted by Crippen LogP contribution is -2.30. The Morgan fingerprint density at radius 3 is 2.56 bits per heavy atom. The highest BCUT2D eigenvalue weighted by atomic mass is 35.5. The fraction of sp³-hybridized carbons (Fsp3) is 0.136. The Morgan fingerprint density at radius 2 is 1.78 bits per heavy atom. The molecule has 0 unspecified atom stereocenters. The van der Waals surface area contributed by atoms with Crippen LogP contribution < -0.4 is 4.90 Å². The average molecular weight is 483 g/mol. The molecule has 0 saturated carbocycles. The highest BCUT2D eigenvalue weighted by Gasteiger charge is 2.30. The Morgan fingerprint density at radius 1 is 1.03 bits per heavy atom. The van der Waals surface area contributed by atoms with Gasteiger partial charge in [0.1, 0.15) is 0 Å². The van der Waals surface area contributed by atoms with Gasteiger partial charge in [-0.05, 0) is 42.3 Å². The Kier molecular flexibility index (Phi) is 5.82. The van der Waals surface area contributed by atoms with Crippen molar-refractivity contribution in [2.45, 2.75) is 17.3 Å². The predicted molar refractivity (Wildman–Crippen MR) is 125 cm³/mol. The lowest BCUT2D eigenvalue weighted by molar-refractivity contribution is 0.0984. The van der Waals surface area contributed by atoms with Crippen molar-refractivity contribution in [2.75, 3.05) is 11.4 Å². The third-order valence-electron chi connectivity index (χ3n) is 5.07. The van der Waals surface area contributed by atoms with Crippen LogP contribution in [0.15, 0.2) is 66.1 Å². The van der Waals surface area contributed by atoms with E-state index in [0.717, 1.165) is 17.7 Å². The normalized spacial score (nSPS) is 12.8. The molecule has 1 aliphatic heterocycles. The molecule has 160 valence electrons. The third-order valence-corrected chi connectivity index (χ3v) is 6.39. The molecule has 2 aromatic carbocycles. The number of aromatic nitrogens is 5. The summed E-state index contributed by atoms with van der Waals surface area (Å²) >= 11 is 13.8. The zero-order valence-corrected chi connectivity index (χ0v) is 19.0. The molecule has 1 aliphatic rings. The Labute approximate surface area is 198 Å². The first kappa shape index (κ1) is 20.9. The maximum absolute atomic E-state index is 13.5. The van der Waals surface area contributed by atoms with Crippen LogP contribution in [-0.4, -0.2) is 37.4 Å². The maximum Gasteiger partial charge on any atom is 0.280 e. The number of anilines is 1. The van der Waals surface area contributed by atoms with Crippen molar-refractivity contribution in [1.29, 1.82) is 0 Å². The number of benzene rings is 2. The van der Waals surface area contributed by atoms with Crippen LogP contribution in [0.25, 0.3) is 5.69 Å². The topological polar surface area (TPSA) is 76.8 Å². The van der Waals surface area contributed by atoms with Gasteiger partial charge >= 0.3 is 0 Å². The van der Waals surface area contributed by atoms with Crippen LogP contribution in [0.5, 0.6) is 0 Å². The van der Waals surface area contributed by atoms with Gasteiger partial charge in [-0.25, -0.2) is 14.6 Å². The van der Waals surface area contributed by atoms with Gasteiger partial charge in [0, 0.05) is 40.4 Å². The fourth-order valence-corrected chi connectivity index (χ4v) is 4.95. The molecule has 0 N–H and O–H groups in total. The van der Waals surface area contributed by atoms with Crippen molar-refractivity contribution < 1.29 is 4.79 Å². The van der Waals surface area contributed by atoms with E-state index in [-0.39, 0.29) is 11.6 Å². The van der Waals surface area contributed by atoms with Gasteiger partial charge in [-0.1, -0.05) is 58.4 Å². The predicted octanol–water partition coefficient (Wildman–Crippen LogP) is 4.86. The summed E-state index contributed by atoms with van der Waals surface area (Å²) in [6.45, 7) is 0.600. The first-order valence-electron chi connectivity index (χ1n) is 9.81. The fourth-order valence-electron chi connectivity index (χ4n) is 3.64. The van der Waals surface area contributed by atoms with E-state index >= 15 is 0 Å². The summed E-state index contributed by atoms with van der Waals surface area (Å²) in [6.07, 6.45) is 4.16. The van der Waals surface area contributed by atoms with E-state index in [9.17, 15) is 4.79 Å². The molecule has 5 rings (SSSR count). The number of para-hydroxylation sites is 1. The number of nitrogens with zero attached hydrogens (tertiary/aromatic N) is 6. The van der Waals surface area contributed by atoms with Crippen molar-refractivity contribution in [3.63, 3.8) is 0 Å². The molecule has 0 bridgehead atoms. The molecule has 7 nitrogen and oxygen atoms in total. The number of fused-ring (bicyclic) bond motifs is 1. The second-order valence-corrected chi connectivity index (χ2v) is 8.90. The largest absolute Gasteiger partial charge is 0.306 e. The lowest BCUT2D eigenvalue weighted by Gasteiger charge is -2.17. The van der Waals surface area contributed by atoms with Gasteiger partial charge in [0.15, 0.2) is 10.9 Å². The smallest absolute Gasteiger partial charge is 0.280 e. The van der Waals surface area contributed by atoms with E-state index in [4.69, 9.17) is 23.2 Å². The molecule has 2 aromatic heterocycles. The van der Waals surface area contributed by atoms with Crippen molar-refractivity contribution in [1.82, 2.24) is 25.0 Å². The number of halogens is 2. The van der Waals surface area contributed by atoms with E-state index in [0.29, 0.717) is 38.9 Å². The first-order chi connectivity index (χ1) is 15.6. The Hall–Kier alpha value is -2.94. The summed E-state index contributed by atoms with van der Waals surface area (Å²) in [5, 5.41) is 10.1. The molecule has 0 fully saturated rings. The zero-order valence-electron chi connectivity index (χ0n) is 16.7. The molecule has 0 atom stereocenters. The molecule has 0 spiro atoms. The SMILES string of the molecule is O=C(c1nnn(-c2cc(Cl)cc(Cl)c2)c1CSc1ncccn1)N1CCc2ccccc21.